The lowest BCUT2D eigenvalue weighted by molar-refractivity contribution is -0.147. The Morgan fingerprint density at radius 3 is 2.44 bits per heavy atom. The lowest BCUT2D eigenvalue weighted by Crippen LogP contribution is -2.31. The maximum Gasteiger partial charge on any atom is 0.313 e. The van der Waals surface area contributed by atoms with Gasteiger partial charge in [-0.05, 0) is 55.4 Å². The molecule has 27 heavy (non-hydrogen) atoms. The number of nitrogens with zero attached hydrogens (tertiary/aromatic N) is 1. The molecular formula is C19H19ClN2O4S. The first-order valence-corrected chi connectivity index (χ1v) is 9.39. The van der Waals surface area contributed by atoms with Gasteiger partial charge in [0.25, 0.3) is 5.56 Å². The van der Waals surface area contributed by atoms with Crippen LogP contribution in [0, 0.1) is 10.2 Å². The van der Waals surface area contributed by atoms with Crippen LogP contribution in [0.5, 0.6) is 5.88 Å². The number of aromatic hydroxyl groups is 1. The van der Waals surface area contributed by atoms with Gasteiger partial charge in [-0.2, -0.15) is 0 Å². The van der Waals surface area contributed by atoms with Gasteiger partial charge >= 0.3 is 5.97 Å². The van der Waals surface area contributed by atoms with E-state index in [2.05, 4.69) is 4.98 Å². The number of aromatic nitrogens is 2. The third-order valence-corrected chi connectivity index (χ3v) is 5.48. The van der Waals surface area contributed by atoms with Crippen molar-refractivity contribution in [2.24, 2.45) is 5.41 Å². The second-order valence-electron chi connectivity index (χ2n) is 6.66. The maximum atomic E-state index is 12.3. The summed E-state index contributed by atoms with van der Waals surface area (Å²) in [5.74, 6) is -1.27. The van der Waals surface area contributed by atoms with Crippen LogP contribution in [0.2, 0.25) is 5.02 Å². The SMILES string of the molecule is O=C(O)C1(C=Cc2c(O)n(-c3ccc(Cl)cc3)c(=S)[nH]c2=O)CCCCC1. The molecule has 0 amide bonds. The molecule has 142 valence electrons. The number of aromatic amines is 1. The largest absolute Gasteiger partial charge is 0.494 e. The molecule has 0 saturated heterocycles. The highest BCUT2D eigenvalue weighted by molar-refractivity contribution is 7.71. The average Bonchev–Trinajstić information content (AvgIpc) is 2.63. The Labute approximate surface area is 165 Å². The highest BCUT2D eigenvalue weighted by Crippen LogP contribution is 2.38. The molecule has 6 nitrogen and oxygen atoms in total. The predicted octanol–water partition coefficient (Wildman–Crippen LogP) is 4.30. The molecule has 1 aromatic heterocycles. The summed E-state index contributed by atoms with van der Waals surface area (Å²) in [5.41, 5.74) is -1.10. The molecule has 1 fully saturated rings. The third-order valence-electron chi connectivity index (χ3n) is 4.95. The van der Waals surface area contributed by atoms with Crippen molar-refractivity contribution >= 4 is 35.9 Å². The van der Waals surface area contributed by atoms with Crippen molar-refractivity contribution in [2.45, 2.75) is 32.1 Å². The van der Waals surface area contributed by atoms with Gasteiger partial charge in [0.1, 0.15) is 5.56 Å². The molecule has 0 spiro atoms. The van der Waals surface area contributed by atoms with Crippen LogP contribution in [0.15, 0.2) is 35.1 Å². The minimum Gasteiger partial charge on any atom is -0.494 e. The highest BCUT2D eigenvalue weighted by atomic mass is 35.5. The summed E-state index contributed by atoms with van der Waals surface area (Å²) in [6, 6.07) is 6.59. The Balaban J connectivity index is 2.09. The van der Waals surface area contributed by atoms with Crippen molar-refractivity contribution < 1.29 is 15.0 Å². The van der Waals surface area contributed by atoms with Gasteiger partial charge in [-0.3, -0.25) is 19.1 Å². The van der Waals surface area contributed by atoms with Gasteiger partial charge < -0.3 is 10.2 Å². The smallest absolute Gasteiger partial charge is 0.313 e. The monoisotopic (exact) mass is 406 g/mol. The second-order valence-corrected chi connectivity index (χ2v) is 7.49. The quantitative estimate of drug-likeness (QED) is 0.658. The highest BCUT2D eigenvalue weighted by Gasteiger charge is 2.37. The summed E-state index contributed by atoms with van der Waals surface area (Å²) in [6.07, 6.45) is 6.55. The molecule has 1 saturated carbocycles. The Morgan fingerprint density at radius 2 is 1.85 bits per heavy atom. The molecule has 0 aliphatic heterocycles. The van der Waals surface area contributed by atoms with Crippen LogP contribution in [0.1, 0.15) is 37.7 Å². The van der Waals surface area contributed by atoms with Gasteiger partial charge in [-0.15, -0.1) is 0 Å². The number of H-pyrrole nitrogens is 1. The summed E-state index contributed by atoms with van der Waals surface area (Å²) in [5, 5.41) is 20.9. The molecular weight excluding hydrogens is 388 g/mol. The lowest BCUT2D eigenvalue weighted by atomic mass is 9.74. The van der Waals surface area contributed by atoms with E-state index in [4.69, 9.17) is 23.8 Å². The normalized spacial score (nSPS) is 16.5. The van der Waals surface area contributed by atoms with Gasteiger partial charge in [0, 0.05) is 5.02 Å². The number of aliphatic carboxylic acids is 1. The maximum absolute atomic E-state index is 12.3. The van der Waals surface area contributed by atoms with Gasteiger partial charge in [0.05, 0.1) is 11.1 Å². The zero-order chi connectivity index (χ0) is 19.6. The van der Waals surface area contributed by atoms with E-state index in [0.29, 0.717) is 23.6 Å². The van der Waals surface area contributed by atoms with E-state index in [1.807, 2.05) is 0 Å². The molecule has 3 rings (SSSR count). The fourth-order valence-electron chi connectivity index (χ4n) is 3.40. The molecule has 1 aliphatic carbocycles. The molecule has 0 bridgehead atoms. The van der Waals surface area contributed by atoms with Crippen LogP contribution >= 0.6 is 23.8 Å². The minimum absolute atomic E-state index is 0.0302. The van der Waals surface area contributed by atoms with E-state index < -0.39 is 16.9 Å². The zero-order valence-electron chi connectivity index (χ0n) is 14.4. The molecule has 0 atom stereocenters. The first-order chi connectivity index (χ1) is 12.8. The molecule has 1 aliphatic rings. The average molecular weight is 407 g/mol. The van der Waals surface area contributed by atoms with Crippen molar-refractivity contribution in [3.63, 3.8) is 0 Å². The Hall–Kier alpha value is -2.38. The fourth-order valence-corrected chi connectivity index (χ4v) is 3.81. The van der Waals surface area contributed by atoms with Crippen molar-refractivity contribution in [1.29, 1.82) is 0 Å². The lowest BCUT2D eigenvalue weighted by Gasteiger charge is -2.30. The zero-order valence-corrected chi connectivity index (χ0v) is 16.0. The standard InChI is InChI=1S/C19H19ClN2O4S/c20-12-4-6-13(7-5-12)22-16(24)14(15(23)21-18(22)27)8-11-19(17(25)26)9-2-1-3-10-19/h4-8,11,24H,1-3,9-10H2,(H,25,26)(H,21,23,27). The Kier molecular flexibility index (Phi) is 5.53. The van der Waals surface area contributed by atoms with Crippen LogP contribution in [-0.4, -0.2) is 25.7 Å². The van der Waals surface area contributed by atoms with Crippen molar-refractivity contribution in [1.82, 2.24) is 9.55 Å². The van der Waals surface area contributed by atoms with Crippen molar-refractivity contribution in [2.75, 3.05) is 0 Å². The van der Waals surface area contributed by atoms with Crippen LogP contribution in [0.4, 0.5) is 0 Å². The molecule has 1 heterocycles. The van der Waals surface area contributed by atoms with Gasteiger partial charge in [0.2, 0.25) is 5.88 Å². The van der Waals surface area contributed by atoms with Crippen LogP contribution < -0.4 is 5.56 Å². The van der Waals surface area contributed by atoms with E-state index in [0.717, 1.165) is 19.3 Å². The van der Waals surface area contributed by atoms with Gasteiger partial charge in [-0.25, -0.2) is 0 Å². The number of benzene rings is 1. The number of halogens is 1. The molecule has 1 aromatic carbocycles. The fraction of sp³-hybridized carbons (Fsp3) is 0.316. The van der Waals surface area contributed by atoms with E-state index in [9.17, 15) is 19.8 Å². The van der Waals surface area contributed by atoms with Crippen LogP contribution in [0.25, 0.3) is 11.8 Å². The van der Waals surface area contributed by atoms with E-state index in [1.54, 1.807) is 24.3 Å². The predicted molar refractivity (Wildman–Crippen MR) is 106 cm³/mol. The summed E-state index contributed by atoms with van der Waals surface area (Å²) < 4.78 is 1.34. The third kappa shape index (κ3) is 3.84. The number of carbonyl (C=O) groups is 1. The molecule has 0 radical (unpaired) electrons. The topological polar surface area (TPSA) is 95.3 Å². The molecule has 3 N–H and O–H groups in total. The Morgan fingerprint density at radius 1 is 1.22 bits per heavy atom. The number of rotatable bonds is 4. The molecule has 0 unspecified atom stereocenters. The number of carboxylic acids is 1. The van der Waals surface area contributed by atoms with Gasteiger partial charge in [0.15, 0.2) is 4.77 Å². The summed E-state index contributed by atoms with van der Waals surface area (Å²) in [4.78, 5) is 26.7. The number of hydrogen-bond acceptors (Lipinski definition) is 4. The number of carboxylic acid groups (broad SMARTS) is 1. The van der Waals surface area contributed by atoms with Crippen LogP contribution in [-0.2, 0) is 4.79 Å². The first-order valence-electron chi connectivity index (χ1n) is 8.61. The molecule has 2 aromatic rings. The Bertz CT molecular complexity index is 1000. The van der Waals surface area contributed by atoms with E-state index in [1.165, 1.54) is 16.7 Å². The first kappa shape index (κ1) is 19.4. The van der Waals surface area contributed by atoms with Crippen molar-refractivity contribution in [3.05, 3.63) is 56.1 Å². The van der Waals surface area contributed by atoms with Crippen molar-refractivity contribution in [3.8, 4) is 11.6 Å². The minimum atomic E-state index is -1.02. The number of hydrogen-bond donors (Lipinski definition) is 3. The van der Waals surface area contributed by atoms with Gasteiger partial charge in [-0.1, -0.05) is 36.9 Å². The van der Waals surface area contributed by atoms with E-state index in [-0.39, 0.29) is 16.2 Å². The number of nitrogens with one attached hydrogen (secondary N) is 1. The van der Waals surface area contributed by atoms with E-state index >= 15 is 0 Å². The summed E-state index contributed by atoms with van der Waals surface area (Å²) in [6.45, 7) is 0. The van der Waals surface area contributed by atoms with Crippen LogP contribution in [0.3, 0.4) is 0 Å². The summed E-state index contributed by atoms with van der Waals surface area (Å²) >= 11 is 11.1. The second kappa shape index (κ2) is 7.70. The molecule has 8 heteroatoms. The summed E-state index contributed by atoms with van der Waals surface area (Å²) in [7, 11) is 0.